The normalized spacial score (nSPS) is 17.7. The maximum atomic E-state index is 12.8. The first-order valence-corrected chi connectivity index (χ1v) is 5.33. The summed E-state index contributed by atoms with van der Waals surface area (Å²) in [6, 6.07) is 0. The zero-order chi connectivity index (χ0) is 10.7. The lowest BCUT2D eigenvalue weighted by Gasteiger charge is -2.27. The van der Waals surface area contributed by atoms with Gasteiger partial charge in [0, 0.05) is 13.1 Å². The zero-order valence-corrected chi connectivity index (χ0v) is 8.97. The van der Waals surface area contributed by atoms with Crippen LogP contribution in [0.2, 0.25) is 5.02 Å². The van der Waals surface area contributed by atoms with E-state index in [2.05, 4.69) is 15.4 Å². The standard InChI is InChI=1S/C9H12ClFN4/c10-7-6-12-9(11)13-8(7)14-15-4-2-1-3-5-15/h6H,1-5H2,(H,12,13,14). The van der Waals surface area contributed by atoms with E-state index in [1.165, 1.54) is 12.6 Å². The summed E-state index contributed by atoms with van der Waals surface area (Å²) in [6.07, 6.45) is 4.01. The Balaban J connectivity index is 2.05. The summed E-state index contributed by atoms with van der Waals surface area (Å²) in [6.45, 7) is 1.86. The molecule has 0 saturated carbocycles. The van der Waals surface area contributed by atoms with Crippen molar-refractivity contribution in [1.29, 1.82) is 0 Å². The molecule has 1 aromatic heterocycles. The minimum atomic E-state index is -0.765. The second-order valence-electron chi connectivity index (χ2n) is 3.50. The lowest BCUT2D eigenvalue weighted by atomic mass is 10.2. The third-order valence-corrected chi connectivity index (χ3v) is 2.61. The van der Waals surface area contributed by atoms with Gasteiger partial charge in [0.25, 0.3) is 0 Å². The smallest absolute Gasteiger partial charge is 0.302 e. The van der Waals surface area contributed by atoms with Crippen molar-refractivity contribution in [3.63, 3.8) is 0 Å². The highest BCUT2D eigenvalue weighted by Gasteiger charge is 2.12. The van der Waals surface area contributed by atoms with Crippen LogP contribution in [0.1, 0.15) is 19.3 Å². The van der Waals surface area contributed by atoms with Gasteiger partial charge in [-0.15, -0.1) is 0 Å². The number of rotatable bonds is 2. The Morgan fingerprint density at radius 2 is 2.07 bits per heavy atom. The predicted octanol–water partition coefficient (Wildman–Crippen LogP) is 2.08. The van der Waals surface area contributed by atoms with E-state index in [4.69, 9.17) is 11.6 Å². The first kappa shape index (κ1) is 10.6. The predicted molar refractivity (Wildman–Crippen MR) is 56.0 cm³/mol. The molecule has 2 rings (SSSR count). The SMILES string of the molecule is Fc1ncc(Cl)c(NN2CCCCC2)n1. The van der Waals surface area contributed by atoms with E-state index in [9.17, 15) is 4.39 Å². The molecule has 0 atom stereocenters. The average Bonchev–Trinajstić information content (AvgIpc) is 2.25. The van der Waals surface area contributed by atoms with Crippen LogP contribution in [0.15, 0.2) is 6.20 Å². The van der Waals surface area contributed by atoms with Crippen LogP contribution < -0.4 is 5.43 Å². The highest BCUT2D eigenvalue weighted by atomic mass is 35.5. The van der Waals surface area contributed by atoms with Gasteiger partial charge in [-0.1, -0.05) is 18.0 Å². The van der Waals surface area contributed by atoms with Gasteiger partial charge < -0.3 is 5.43 Å². The largest absolute Gasteiger partial charge is 0.310 e. The fraction of sp³-hybridized carbons (Fsp3) is 0.556. The van der Waals surface area contributed by atoms with E-state index < -0.39 is 6.08 Å². The summed E-state index contributed by atoms with van der Waals surface area (Å²) in [5.74, 6) is 0.339. The topological polar surface area (TPSA) is 41.1 Å². The van der Waals surface area contributed by atoms with Crippen LogP contribution in [0.5, 0.6) is 0 Å². The highest BCUT2D eigenvalue weighted by Crippen LogP contribution is 2.19. The molecule has 0 spiro atoms. The van der Waals surface area contributed by atoms with Gasteiger partial charge in [-0.3, -0.25) is 0 Å². The summed E-state index contributed by atoms with van der Waals surface area (Å²) in [5, 5.41) is 2.33. The van der Waals surface area contributed by atoms with Gasteiger partial charge in [0.05, 0.1) is 6.20 Å². The molecule has 0 aromatic carbocycles. The van der Waals surface area contributed by atoms with Gasteiger partial charge in [-0.2, -0.15) is 9.37 Å². The van der Waals surface area contributed by atoms with Crippen LogP contribution in [-0.4, -0.2) is 28.1 Å². The van der Waals surface area contributed by atoms with Crippen molar-refractivity contribution >= 4 is 17.4 Å². The molecule has 0 aliphatic carbocycles. The second kappa shape index (κ2) is 4.72. The second-order valence-corrected chi connectivity index (χ2v) is 3.90. The molecule has 0 unspecified atom stereocenters. The van der Waals surface area contributed by atoms with Crippen LogP contribution in [0.3, 0.4) is 0 Å². The van der Waals surface area contributed by atoms with Crippen LogP contribution in [0.25, 0.3) is 0 Å². The Morgan fingerprint density at radius 3 is 2.80 bits per heavy atom. The molecule has 1 aliphatic rings. The minimum Gasteiger partial charge on any atom is -0.302 e. The maximum Gasteiger partial charge on any atom is 0.310 e. The Labute approximate surface area is 92.4 Å². The Morgan fingerprint density at radius 1 is 1.33 bits per heavy atom. The quantitative estimate of drug-likeness (QED) is 0.790. The van der Waals surface area contributed by atoms with Crippen LogP contribution >= 0.6 is 11.6 Å². The molecule has 0 radical (unpaired) electrons. The van der Waals surface area contributed by atoms with Gasteiger partial charge in [-0.25, -0.2) is 9.99 Å². The highest BCUT2D eigenvalue weighted by molar-refractivity contribution is 6.32. The third-order valence-electron chi connectivity index (χ3n) is 2.33. The summed E-state index contributed by atoms with van der Waals surface area (Å²) in [5.41, 5.74) is 3.00. The lowest BCUT2D eigenvalue weighted by Crippen LogP contribution is -2.35. The molecule has 2 heterocycles. The monoisotopic (exact) mass is 230 g/mol. The van der Waals surface area contributed by atoms with E-state index in [-0.39, 0.29) is 0 Å². The molecule has 1 aliphatic heterocycles. The minimum absolute atomic E-state index is 0.335. The molecule has 1 saturated heterocycles. The molecule has 1 fully saturated rings. The molecule has 82 valence electrons. The van der Waals surface area contributed by atoms with E-state index in [0.717, 1.165) is 25.9 Å². The summed E-state index contributed by atoms with van der Waals surface area (Å²) in [7, 11) is 0. The molecular formula is C9H12ClFN4. The molecule has 1 N–H and O–H groups in total. The fourth-order valence-electron chi connectivity index (χ4n) is 1.58. The first-order chi connectivity index (χ1) is 7.25. The van der Waals surface area contributed by atoms with Crippen LogP contribution in [-0.2, 0) is 0 Å². The van der Waals surface area contributed by atoms with Crippen molar-refractivity contribution in [1.82, 2.24) is 15.0 Å². The fourth-order valence-corrected chi connectivity index (χ4v) is 1.71. The Bertz CT molecular complexity index is 341. The molecule has 15 heavy (non-hydrogen) atoms. The summed E-state index contributed by atoms with van der Waals surface area (Å²) < 4.78 is 12.8. The van der Waals surface area contributed by atoms with E-state index in [0.29, 0.717) is 10.8 Å². The molecule has 6 heteroatoms. The Kier molecular flexibility index (Phi) is 3.33. The van der Waals surface area contributed by atoms with Gasteiger partial charge in [0.15, 0.2) is 5.82 Å². The van der Waals surface area contributed by atoms with Crippen molar-refractivity contribution in [3.05, 3.63) is 17.3 Å². The summed E-state index contributed by atoms with van der Waals surface area (Å²) >= 11 is 5.83. The van der Waals surface area contributed by atoms with Crippen molar-refractivity contribution in [2.24, 2.45) is 0 Å². The molecule has 1 aromatic rings. The zero-order valence-electron chi connectivity index (χ0n) is 8.21. The van der Waals surface area contributed by atoms with Gasteiger partial charge >= 0.3 is 6.08 Å². The van der Waals surface area contributed by atoms with Crippen LogP contribution in [0, 0.1) is 6.08 Å². The number of hydrazine groups is 1. The van der Waals surface area contributed by atoms with E-state index in [1.54, 1.807) is 0 Å². The summed E-state index contributed by atoms with van der Waals surface area (Å²) in [4.78, 5) is 6.97. The van der Waals surface area contributed by atoms with Gasteiger partial charge in [-0.05, 0) is 12.8 Å². The number of anilines is 1. The molecule has 0 amide bonds. The van der Waals surface area contributed by atoms with E-state index >= 15 is 0 Å². The van der Waals surface area contributed by atoms with Gasteiger partial charge in [0.1, 0.15) is 5.02 Å². The van der Waals surface area contributed by atoms with E-state index in [1.807, 2.05) is 5.01 Å². The lowest BCUT2D eigenvalue weighted by molar-refractivity contribution is 0.271. The number of halogens is 2. The number of hydrogen-bond donors (Lipinski definition) is 1. The number of piperidine rings is 1. The molecular weight excluding hydrogens is 219 g/mol. The molecule has 0 bridgehead atoms. The van der Waals surface area contributed by atoms with Gasteiger partial charge in [0.2, 0.25) is 0 Å². The first-order valence-electron chi connectivity index (χ1n) is 4.95. The molecule has 4 nitrogen and oxygen atoms in total. The number of aromatic nitrogens is 2. The third kappa shape index (κ3) is 2.76. The number of nitrogens with one attached hydrogen (secondary N) is 1. The van der Waals surface area contributed by atoms with Crippen molar-refractivity contribution in [3.8, 4) is 0 Å². The number of hydrogen-bond acceptors (Lipinski definition) is 4. The van der Waals surface area contributed by atoms with Crippen molar-refractivity contribution in [2.45, 2.75) is 19.3 Å². The Hall–Kier alpha value is -0.940. The van der Waals surface area contributed by atoms with Crippen molar-refractivity contribution < 1.29 is 4.39 Å². The van der Waals surface area contributed by atoms with Crippen molar-refractivity contribution in [2.75, 3.05) is 18.5 Å². The number of nitrogens with zero attached hydrogens (tertiary/aromatic N) is 3. The maximum absolute atomic E-state index is 12.8. The van der Waals surface area contributed by atoms with Crippen LogP contribution in [0.4, 0.5) is 10.2 Å². The average molecular weight is 231 g/mol.